The smallest absolute Gasteiger partial charge is 0.334 e. The van der Waals surface area contributed by atoms with Crippen molar-refractivity contribution in [2.45, 2.75) is 39.4 Å². The minimum absolute atomic E-state index is 0.0289. The first-order valence-electron chi connectivity index (χ1n) is 6.08. The van der Waals surface area contributed by atoms with Gasteiger partial charge in [0.15, 0.2) is 0 Å². The molecule has 0 unspecified atom stereocenters. The zero-order valence-corrected chi connectivity index (χ0v) is 11.2. The molecule has 0 N–H and O–H groups in total. The van der Waals surface area contributed by atoms with Crippen molar-refractivity contribution in [1.82, 2.24) is 14.5 Å². The van der Waals surface area contributed by atoms with Gasteiger partial charge < -0.3 is 9.47 Å². The molecular weight excluding hydrogens is 259 g/mol. The lowest BCUT2D eigenvalue weighted by molar-refractivity contribution is -0.161. The lowest BCUT2D eigenvalue weighted by Gasteiger charge is -2.24. The van der Waals surface area contributed by atoms with Gasteiger partial charge >= 0.3 is 6.18 Å². The molecule has 0 spiro atoms. The fraction of sp³-hybridized carbons (Fsp3) is 0.667. The first-order valence-corrected chi connectivity index (χ1v) is 6.08. The summed E-state index contributed by atoms with van der Waals surface area (Å²) in [5.41, 5.74) is 0. The number of halogens is 3. The molecule has 1 atom stereocenters. The standard InChI is InChI=1S/C12H18F3N3O/c1-4-17(8-12(13,14)15)11(19)7-9(2)18-6-5-16-10(18)3/h5-6,9H,4,7-8H2,1-3H3/t9-/m0/s1. The number of amides is 1. The number of hydrogen-bond acceptors (Lipinski definition) is 2. The number of alkyl halides is 3. The van der Waals surface area contributed by atoms with Crippen LogP contribution in [0.4, 0.5) is 13.2 Å². The van der Waals surface area contributed by atoms with E-state index in [0.717, 1.165) is 10.7 Å². The third-order valence-electron chi connectivity index (χ3n) is 2.91. The molecule has 1 aromatic rings. The van der Waals surface area contributed by atoms with Gasteiger partial charge in [0.25, 0.3) is 0 Å². The zero-order valence-electron chi connectivity index (χ0n) is 11.2. The molecule has 1 aromatic heterocycles. The summed E-state index contributed by atoms with van der Waals surface area (Å²) in [6.45, 7) is 3.96. The average molecular weight is 277 g/mol. The Bertz CT molecular complexity index is 428. The molecule has 7 heteroatoms. The highest BCUT2D eigenvalue weighted by Gasteiger charge is 2.32. The van der Waals surface area contributed by atoms with E-state index in [0.29, 0.717) is 0 Å². The molecule has 0 saturated carbocycles. The van der Waals surface area contributed by atoms with Crippen molar-refractivity contribution >= 4 is 5.91 Å². The third kappa shape index (κ3) is 4.57. The highest BCUT2D eigenvalue weighted by molar-refractivity contribution is 5.76. The second kappa shape index (κ2) is 6.08. The van der Waals surface area contributed by atoms with Gasteiger partial charge in [-0.3, -0.25) is 4.79 Å². The third-order valence-corrected chi connectivity index (χ3v) is 2.91. The number of carbonyl (C=O) groups is 1. The number of rotatable bonds is 5. The molecule has 4 nitrogen and oxygen atoms in total. The quantitative estimate of drug-likeness (QED) is 0.829. The van der Waals surface area contributed by atoms with Crippen LogP contribution in [0.15, 0.2) is 12.4 Å². The first kappa shape index (κ1) is 15.5. The van der Waals surface area contributed by atoms with Gasteiger partial charge in [0, 0.05) is 31.4 Å². The maximum absolute atomic E-state index is 12.3. The van der Waals surface area contributed by atoms with Crippen LogP contribution in [0.3, 0.4) is 0 Å². The van der Waals surface area contributed by atoms with Gasteiger partial charge in [-0.25, -0.2) is 4.98 Å². The summed E-state index contributed by atoms with van der Waals surface area (Å²) in [4.78, 5) is 16.7. The minimum atomic E-state index is -4.36. The van der Waals surface area contributed by atoms with E-state index in [1.807, 2.05) is 0 Å². The van der Waals surface area contributed by atoms with Gasteiger partial charge in [-0.2, -0.15) is 13.2 Å². The van der Waals surface area contributed by atoms with Gasteiger partial charge in [-0.15, -0.1) is 0 Å². The van der Waals surface area contributed by atoms with Crippen LogP contribution in [0, 0.1) is 6.92 Å². The fourth-order valence-electron chi connectivity index (χ4n) is 1.93. The Labute approximate surface area is 110 Å². The number of hydrogen-bond donors (Lipinski definition) is 0. The molecule has 0 radical (unpaired) electrons. The normalized spacial score (nSPS) is 13.4. The van der Waals surface area contributed by atoms with E-state index in [4.69, 9.17) is 0 Å². The molecule has 1 amide bonds. The first-order chi connectivity index (χ1) is 8.74. The summed E-state index contributed by atoms with van der Waals surface area (Å²) in [6, 6.07) is -0.211. The number of aromatic nitrogens is 2. The molecule has 1 heterocycles. The Morgan fingerprint density at radius 3 is 2.58 bits per heavy atom. The molecule has 0 bridgehead atoms. The Balaban J connectivity index is 2.65. The maximum atomic E-state index is 12.3. The molecule has 0 aliphatic rings. The van der Waals surface area contributed by atoms with Gasteiger partial charge in [-0.1, -0.05) is 0 Å². The SMILES string of the molecule is CCN(CC(F)(F)F)C(=O)C[C@H](C)n1ccnc1C. The van der Waals surface area contributed by atoms with E-state index < -0.39 is 18.6 Å². The van der Waals surface area contributed by atoms with E-state index in [1.54, 1.807) is 30.8 Å². The predicted molar refractivity (Wildman–Crippen MR) is 64.6 cm³/mol. The Morgan fingerprint density at radius 1 is 1.53 bits per heavy atom. The molecule has 0 aromatic carbocycles. The second-order valence-electron chi connectivity index (χ2n) is 4.46. The highest BCUT2D eigenvalue weighted by atomic mass is 19.4. The van der Waals surface area contributed by atoms with Gasteiger partial charge in [0.2, 0.25) is 5.91 Å². The topological polar surface area (TPSA) is 38.1 Å². The predicted octanol–water partition coefficient (Wildman–Crippen LogP) is 2.55. The van der Waals surface area contributed by atoms with Crippen molar-refractivity contribution in [3.63, 3.8) is 0 Å². The average Bonchev–Trinajstić information content (AvgIpc) is 2.70. The van der Waals surface area contributed by atoms with E-state index >= 15 is 0 Å². The molecule has 0 saturated heterocycles. The van der Waals surface area contributed by atoms with Gasteiger partial charge in [-0.05, 0) is 20.8 Å². The van der Waals surface area contributed by atoms with Crippen LogP contribution < -0.4 is 0 Å². The van der Waals surface area contributed by atoms with Crippen LogP contribution in [-0.2, 0) is 4.79 Å². The molecule has 0 aliphatic carbocycles. The molecule has 0 aliphatic heterocycles. The van der Waals surface area contributed by atoms with Crippen LogP contribution in [0.5, 0.6) is 0 Å². The molecule has 19 heavy (non-hydrogen) atoms. The summed E-state index contributed by atoms with van der Waals surface area (Å²) in [5.74, 6) is 0.236. The summed E-state index contributed by atoms with van der Waals surface area (Å²) in [5, 5.41) is 0. The Kier molecular flexibility index (Phi) is 4.97. The lowest BCUT2D eigenvalue weighted by Crippen LogP contribution is -2.39. The number of carbonyl (C=O) groups excluding carboxylic acids is 1. The van der Waals surface area contributed by atoms with Crippen molar-refractivity contribution < 1.29 is 18.0 Å². The van der Waals surface area contributed by atoms with E-state index in [1.165, 1.54) is 6.92 Å². The van der Waals surface area contributed by atoms with Crippen molar-refractivity contribution in [1.29, 1.82) is 0 Å². The van der Waals surface area contributed by atoms with Crippen molar-refractivity contribution in [3.05, 3.63) is 18.2 Å². The largest absolute Gasteiger partial charge is 0.406 e. The van der Waals surface area contributed by atoms with Crippen LogP contribution in [0.25, 0.3) is 0 Å². The van der Waals surface area contributed by atoms with Crippen molar-refractivity contribution in [3.8, 4) is 0 Å². The van der Waals surface area contributed by atoms with Crippen LogP contribution in [-0.4, -0.2) is 39.6 Å². The Morgan fingerprint density at radius 2 is 2.16 bits per heavy atom. The monoisotopic (exact) mass is 277 g/mol. The van der Waals surface area contributed by atoms with Crippen LogP contribution >= 0.6 is 0 Å². The summed E-state index contributed by atoms with van der Waals surface area (Å²) < 4.78 is 38.7. The molecule has 0 fully saturated rings. The molecule has 108 valence electrons. The zero-order chi connectivity index (χ0) is 14.6. The van der Waals surface area contributed by atoms with Crippen molar-refractivity contribution in [2.75, 3.05) is 13.1 Å². The summed E-state index contributed by atoms with van der Waals surface area (Å²) in [6.07, 6.45) is -1.02. The van der Waals surface area contributed by atoms with Crippen LogP contribution in [0.1, 0.15) is 32.1 Å². The summed E-state index contributed by atoms with van der Waals surface area (Å²) in [7, 11) is 0. The number of imidazole rings is 1. The van der Waals surface area contributed by atoms with E-state index in [9.17, 15) is 18.0 Å². The van der Waals surface area contributed by atoms with E-state index in [2.05, 4.69) is 4.98 Å². The minimum Gasteiger partial charge on any atom is -0.334 e. The van der Waals surface area contributed by atoms with E-state index in [-0.39, 0.29) is 19.0 Å². The highest BCUT2D eigenvalue weighted by Crippen LogP contribution is 2.19. The van der Waals surface area contributed by atoms with Gasteiger partial charge in [0.05, 0.1) is 0 Å². The second-order valence-corrected chi connectivity index (χ2v) is 4.46. The van der Waals surface area contributed by atoms with Gasteiger partial charge in [0.1, 0.15) is 12.4 Å². The fourth-order valence-corrected chi connectivity index (χ4v) is 1.93. The maximum Gasteiger partial charge on any atom is 0.406 e. The molecular formula is C12H18F3N3O. The lowest BCUT2D eigenvalue weighted by atomic mass is 10.2. The Hall–Kier alpha value is -1.53. The number of nitrogens with zero attached hydrogens (tertiary/aromatic N) is 3. The van der Waals surface area contributed by atoms with Crippen LogP contribution in [0.2, 0.25) is 0 Å². The number of aryl methyl sites for hydroxylation is 1. The molecule has 1 rings (SSSR count). The van der Waals surface area contributed by atoms with Crippen molar-refractivity contribution in [2.24, 2.45) is 0 Å². The summed E-state index contributed by atoms with van der Waals surface area (Å²) >= 11 is 0.